The summed E-state index contributed by atoms with van der Waals surface area (Å²) in [4.78, 5) is 71.2. The molecule has 94 heavy (non-hydrogen) atoms. The Morgan fingerprint density at radius 1 is 0.521 bits per heavy atom. The lowest BCUT2D eigenvalue weighted by Gasteiger charge is -2.30. The van der Waals surface area contributed by atoms with Gasteiger partial charge in [-0.3, -0.25) is 28.9 Å². The van der Waals surface area contributed by atoms with E-state index in [1.807, 2.05) is 150 Å². The fourth-order valence-electron chi connectivity index (χ4n) is 14.7. The first-order valence-electron chi connectivity index (χ1n) is 33.2. The topological polar surface area (TPSA) is 238 Å². The van der Waals surface area contributed by atoms with Crippen LogP contribution in [0.15, 0.2) is 109 Å². The number of carboxylic acid groups (broad SMARTS) is 4. The standard InChI is InChI=1S/C32H42N2O6.3C14H19NO3/c1-3-5-15-33(16-6-4-2)29(35)20-34-19-25(23-11-13-27-24(18-23)14-17-38-27)30(32(36)37)26(34)12-10-22-8-7-9-28-31(22)40-21-39-28;3*1-9-13(14(16)17)12(8-15(9)2)10-4-6-11(18-3)7-5-10/h7-9,11,13,18,25-26,30H,3-6,10,12,14-17,19-21H2,1-2H3,(H,36,37);3*4-7,9,12-13H,8H2,1-3H3,(H,16,17)/t25-,26+,30-;3*9-,12+,13-/m1000/s1. The van der Waals surface area contributed by atoms with E-state index in [1.165, 1.54) is 0 Å². The maximum absolute atomic E-state index is 13.6. The molecule has 0 radical (unpaired) electrons. The van der Waals surface area contributed by atoms with E-state index in [0.717, 1.165) is 133 Å². The van der Waals surface area contributed by atoms with E-state index in [4.69, 9.17) is 28.4 Å². The molecule has 0 spiro atoms. The Morgan fingerprint density at radius 2 is 0.947 bits per heavy atom. The van der Waals surface area contributed by atoms with Crippen molar-refractivity contribution in [2.24, 2.45) is 23.7 Å². The van der Waals surface area contributed by atoms with Crippen LogP contribution in [-0.2, 0) is 36.8 Å². The highest BCUT2D eigenvalue weighted by molar-refractivity contribution is 5.79. The van der Waals surface area contributed by atoms with Crippen molar-refractivity contribution in [3.05, 3.63) is 143 Å². The molecule has 6 aliphatic rings. The van der Waals surface area contributed by atoms with Crippen molar-refractivity contribution in [1.82, 2.24) is 24.5 Å². The van der Waals surface area contributed by atoms with E-state index in [0.29, 0.717) is 26.0 Å². The lowest BCUT2D eigenvalue weighted by atomic mass is 9.83. The molecule has 4 N–H and O–H groups in total. The largest absolute Gasteiger partial charge is 0.497 e. The van der Waals surface area contributed by atoms with Crippen LogP contribution >= 0.6 is 0 Å². The molecule has 0 unspecified atom stereocenters. The van der Waals surface area contributed by atoms with E-state index < -0.39 is 29.8 Å². The second-order valence-electron chi connectivity index (χ2n) is 26.0. The molecular formula is C74H99N5O15. The van der Waals surface area contributed by atoms with Crippen LogP contribution in [0.5, 0.6) is 34.5 Å². The molecule has 6 aliphatic heterocycles. The van der Waals surface area contributed by atoms with Crippen LogP contribution in [0.1, 0.15) is 124 Å². The van der Waals surface area contributed by atoms with E-state index >= 15 is 0 Å². The van der Waals surface area contributed by atoms with Crippen molar-refractivity contribution in [3.8, 4) is 34.5 Å². The van der Waals surface area contributed by atoms with Gasteiger partial charge in [0.2, 0.25) is 12.7 Å². The highest BCUT2D eigenvalue weighted by Gasteiger charge is 2.48. The minimum atomic E-state index is -0.812. The quantitative estimate of drug-likeness (QED) is 0.0504. The number of carbonyl (C=O) groups is 5. The predicted octanol–water partition coefficient (Wildman–Crippen LogP) is 10.3. The second kappa shape index (κ2) is 33.5. The number of para-hydroxylation sites is 1. The Balaban J connectivity index is 0.000000176. The van der Waals surface area contributed by atoms with Gasteiger partial charge in [0.1, 0.15) is 23.0 Å². The summed E-state index contributed by atoms with van der Waals surface area (Å²) in [5, 5.41) is 38.7. The van der Waals surface area contributed by atoms with Crippen LogP contribution in [-0.4, -0.2) is 201 Å². The van der Waals surface area contributed by atoms with Crippen LogP contribution in [0.4, 0.5) is 0 Å². The van der Waals surface area contributed by atoms with Crippen LogP contribution in [0.25, 0.3) is 0 Å². The molecule has 6 heterocycles. The summed E-state index contributed by atoms with van der Waals surface area (Å²) in [6.45, 7) is 15.7. The molecule has 0 bridgehead atoms. The van der Waals surface area contributed by atoms with Gasteiger partial charge in [0.15, 0.2) is 11.5 Å². The molecule has 11 rings (SSSR count). The number of likely N-dealkylation sites (tertiary alicyclic amines) is 4. The molecule has 4 fully saturated rings. The SMILES string of the molecule is CCCCN(CCCC)C(=O)CN1C[C@H](c2ccc3c(c2)CCO3)[C@@H](C(=O)O)[C@@H]1CCc1cccc2c1OCO2.COc1ccc([C@H]2CN(C)[C@@H](C)[C@@H]2C(=O)O)cc1.COc1ccc([C@H]2CN(C)[C@@H](C)[C@@H]2C(=O)O)cc1.COc1ccc([C@H]2CN(C)[C@@H](C)[C@@H]2C(=O)O)cc1. The third kappa shape index (κ3) is 17.1. The van der Waals surface area contributed by atoms with Gasteiger partial charge in [-0.15, -0.1) is 0 Å². The Kier molecular flexibility index (Phi) is 25.6. The van der Waals surface area contributed by atoms with Crippen molar-refractivity contribution in [2.45, 2.75) is 127 Å². The molecule has 12 atom stereocenters. The fourth-order valence-corrected chi connectivity index (χ4v) is 14.7. The molecule has 510 valence electrons. The molecule has 1 amide bonds. The number of amides is 1. The third-order valence-corrected chi connectivity index (χ3v) is 20.5. The molecular weight excluding hydrogens is 1200 g/mol. The van der Waals surface area contributed by atoms with Gasteiger partial charge in [0.05, 0.1) is 58.2 Å². The maximum atomic E-state index is 13.6. The first kappa shape index (κ1) is 71.9. The summed E-state index contributed by atoms with van der Waals surface area (Å²) in [6, 6.07) is 35.0. The van der Waals surface area contributed by atoms with Gasteiger partial charge in [-0.05, 0) is 150 Å². The number of carbonyl (C=O) groups excluding carboxylic acids is 1. The normalized spacial score (nSPS) is 25.3. The van der Waals surface area contributed by atoms with Crippen molar-refractivity contribution in [1.29, 1.82) is 0 Å². The number of fused-ring (bicyclic) bond motifs is 2. The number of aliphatic carboxylic acids is 4. The molecule has 20 nitrogen and oxygen atoms in total. The summed E-state index contributed by atoms with van der Waals surface area (Å²) in [7, 11) is 10.8. The molecule has 0 aliphatic carbocycles. The zero-order valence-electron chi connectivity index (χ0n) is 56.6. The summed E-state index contributed by atoms with van der Waals surface area (Å²) < 4.78 is 32.4. The lowest BCUT2D eigenvalue weighted by molar-refractivity contribution is -0.144. The van der Waals surface area contributed by atoms with Gasteiger partial charge in [-0.1, -0.05) is 87.4 Å². The Labute approximate surface area is 554 Å². The van der Waals surface area contributed by atoms with Gasteiger partial charge < -0.3 is 68.4 Å². The number of rotatable bonds is 22. The van der Waals surface area contributed by atoms with Crippen LogP contribution in [0, 0.1) is 23.7 Å². The number of ether oxygens (including phenoxy) is 6. The number of nitrogens with zero attached hydrogens (tertiary/aromatic N) is 5. The number of hydrogen-bond acceptors (Lipinski definition) is 15. The molecule has 4 saturated heterocycles. The molecule has 20 heteroatoms. The molecule has 0 saturated carbocycles. The average molecular weight is 1300 g/mol. The third-order valence-electron chi connectivity index (χ3n) is 20.5. The highest BCUT2D eigenvalue weighted by Crippen LogP contribution is 2.44. The van der Waals surface area contributed by atoms with Gasteiger partial charge in [-0.25, -0.2) is 0 Å². The zero-order valence-corrected chi connectivity index (χ0v) is 56.6. The molecule has 5 aromatic carbocycles. The first-order valence-corrected chi connectivity index (χ1v) is 33.2. The molecule has 5 aromatic rings. The van der Waals surface area contributed by atoms with Gasteiger partial charge >= 0.3 is 23.9 Å². The van der Waals surface area contributed by atoms with Crippen molar-refractivity contribution in [2.75, 3.05) is 102 Å². The predicted molar refractivity (Wildman–Crippen MR) is 359 cm³/mol. The van der Waals surface area contributed by atoms with Crippen molar-refractivity contribution in [3.63, 3.8) is 0 Å². The number of hydrogen-bond donors (Lipinski definition) is 4. The monoisotopic (exact) mass is 1300 g/mol. The van der Waals surface area contributed by atoms with E-state index in [1.54, 1.807) is 21.3 Å². The van der Waals surface area contributed by atoms with Crippen molar-refractivity contribution < 1.29 is 72.8 Å². The maximum Gasteiger partial charge on any atom is 0.308 e. The number of carboxylic acids is 4. The number of unbranched alkanes of at least 4 members (excludes halogenated alkanes) is 2. The van der Waals surface area contributed by atoms with Crippen LogP contribution < -0.4 is 28.4 Å². The smallest absolute Gasteiger partial charge is 0.308 e. The lowest BCUT2D eigenvalue weighted by Crippen LogP contribution is -2.44. The van der Waals surface area contributed by atoms with Gasteiger partial charge in [-0.2, -0.15) is 0 Å². The van der Waals surface area contributed by atoms with Crippen LogP contribution in [0.3, 0.4) is 0 Å². The number of methoxy groups -OCH3 is 3. The fraction of sp³-hybridized carbons (Fsp3) is 0.527. The molecule has 0 aromatic heterocycles. The summed E-state index contributed by atoms with van der Waals surface area (Å²) in [5.74, 6) is 0.175. The Bertz CT molecular complexity index is 3110. The summed E-state index contributed by atoms with van der Waals surface area (Å²) in [6.07, 6.45) is 6.09. The average Bonchev–Trinajstić information content (AvgIpc) is 1.64. The second-order valence-corrected chi connectivity index (χ2v) is 26.0. The van der Waals surface area contributed by atoms with Gasteiger partial charge in [0, 0.05) is 93.5 Å². The number of benzene rings is 5. The van der Waals surface area contributed by atoms with Gasteiger partial charge in [0.25, 0.3) is 0 Å². The van der Waals surface area contributed by atoms with Crippen molar-refractivity contribution >= 4 is 29.8 Å². The first-order chi connectivity index (χ1) is 45.1. The Hall–Kier alpha value is -7.91. The van der Waals surface area contributed by atoms with E-state index in [2.05, 4.69) is 39.5 Å². The zero-order chi connectivity index (χ0) is 67.9. The summed E-state index contributed by atoms with van der Waals surface area (Å²) >= 11 is 0. The number of aryl methyl sites for hydroxylation is 1. The minimum Gasteiger partial charge on any atom is -0.497 e. The highest BCUT2D eigenvalue weighted by atomic mass is 16.7. The summed E-state index contributed by atoms with van der Waals surface area (Å²) in [5.41, 5.74) is 6.37. The van der Waals surface area contributed by atoms with E-state index in [9.17, 15) is 44.4 Å². The van der Waals surface area contributed by atoms with E-state index in [-0.39, 0.29) is 84.8 Å². The minimum absolute atomic E-state index is 0.0495. The number of likely N-dealkylation sites (N-methyl/N-ethyl adjacent to an activating group) is 3. The Morgan fingerprint density at radius 3 is 1.36 bits per heavy atom. The van der Waals surface area contributed by atoms with Crippen LogP contribution in [0.2, 0.25) is 0 Å².